The van der Waals surface area contributed by atoms with E-state index in [0.717, 1.165) is 17.1 Å². The van der Waals surface area contributed by atoms with Crippen LogP contribution in [0.3, 0.4) is 0 Å². The van der Waals surface area contributed by atoms with E-state index < -0.39 is 23.7 Å². The number of pyridine rings is 1. The van der Waals surface area contributed by atoms with Gasteiger partial charge >= 0.3 is 5.97 Å². The molecular weight excluding hydrogens is 370 g/mol. The minimum atomic E-state index is -2.50. The number of hydrogen-bond acceptors (Lipinski definition) is 6. The fourth-order valence-corrected chi connectivity index (χ4v) is 3.86. The zero-order chi connectivity index (χ0) is 20.1. The van der Waals surface area contributed by atoms with E-state index in [4.69, 9.17) is 9.47 Å². The van der Waals surface area contributed by atoms with E-state index in [1.165, 1.54) is 14.2 Å². The number of ether oxygens (including phenoxy) is 2. The van der Waals surface area contributed by atoms with Crippen LogP contribution in [0.5, 0.6) is 0 Å². The van der Waals surface area contributed by atoms with E-state index in [-0.39, 0.29) is 6.61 Å². The van der Waals surface area contributed by atoms with Gasteiger partial charge in [0.15, 0.2) is 0 Å². The van der Waals surface area contributed by atoms with Crippen LogP contribution in [0.4, 0.5) is 14.6 Å². The predicted molar refractivity (Wildman–Crippen MR) is 96.5 cm³/mol. The maximum atomic E-state index is 13.4. The number of esters is 1. The maximum Gasteiger partial charge on any atom is 0.341 e. The first-order valence-electron chi connectivity index (χ1n) is 9.08. The number of hydrogen-bond donors (Lipinski definition) is 0. The molecule has 2 unspecified atom stereocenters. The summed E-state index contributed by atoms with van der Waals surface area (Å²) in [5.41, 5.74) is 2.60. The Labute approximate surface area is 161 Å². The first-order valence-corrected chi connectivity index (χ1v) is 9.08. The summed E-state index contributed by atoms with van der Waals surface area (Å²) in [6.45, 7) is 3.22. The van der Waals surface area contributed by atoms with Crippen LogP contribution in [-0.2, 0) is 22.6 Å². The van der Waals surface area contributed by atoms with Gasteiger partial charge in [-0.3, -0.25) is 4.68 Å². The monoisotopic (exact) mass is 392 g/mol. The van der Waals surface area contributed by atoms with E-state index in [9.17, 15) is 13.6 Å². The molecule has 2 fully saturated rings. The van der Waals surface area contributed by atoms with Gasteiger partial charge in [0.25, 0.3) is 5.92 Å². The summed E-state index contributed by atoms with van der Waals surface area (Å²) in [5.74, 6) is -3.31. The Balaban J connectivity index is 1.49. The standard InChI is InChI=1S/C19H22F2N4O3/c1-11-12(6-25-7-13(18(26)28-3)16(23-25)10-27-2)4-5-17(22-11)24-8-14-15(9-24)19(14,20)21/h4-5,7,14-15H,6,8-10H2,1-3H3. The van der Waals surface area contributed by atoms with Gasteiger partial charge in [-0.15, -0.1) is 0 Å². The number of halogens is 2. The Morgan fingerprint density at radius 3 is 2.61 bits per heavy atom. The summed E-state index contributed by atoms with van der Waals surface area (Å²) in [6.07, 6.45) is 1.63. The molecule has 0 radical (unpaired) electrons. The van der Waals surface area contributed by atoms with Gasteiger partial charge in [-0.1, -0.05) is 6.07 Å². The minimum Gasteiger partial charge on any atom is -0.465 e. The number of methoxy groups -OCH3 is 2. The number of carbonyl (C=O) groups is 1. The van der Waals surface area contributed by atoms with Crippen LogP contribution in [0.15, 0.2) is 18.3 Å². The quantitative estimate of drug-likeness (QED) is 0.703. The van der Waals surface area contributed by atoms with Gasteiger partial charge in [-0.25, -0.2) is 18.6 Å². The largest absolute Gasteiger partial charge is 0.465 e. The third-order valence-corrected chi connectivity index (χ3v) is 5.56. The normalized spacial score (nSPS) is 22.2. The van der Waals surface area contributed by atoms with E-state index in [0.29, 0.717) is 30.9 Å². The highest BCUT2D eigenvalue weighted by Crippen LogP contribution is 2.59. The lowest BCUT2D eigenvalue weighted by Crippen LogP contribution is -2.28. The van der Waals surface area contributed by atoms with Crippen molar-refractivity contribution in [1.29, 1.82) is 0 Å². The van der Waals surface area contributed by atoms with Crippen LogP contribution >= 0.6 is 0 Å². The molecule has 7 nitrogen and oxygen atoms in total. The highest BCUT2D eigenvalue weighted by atomic mass is 19.3. The van der Waals surface area contributed by atoms with Crippen LogP contribution in [0.2, 0.25) is 0 Å². The van der Waals surface area contributed by atoms with Crippen molar-refractivity contribution in [1.82, 2.24) is 14.8 Å². The van der Waals surface area contributed by atoms with Crippen molar-refractivity contribution < 1.29 is 23.0 Å². The van der Waals surface area contributed by atoms with Gasteiger partial charge < -0.3 is 14.4 Å². The molecule has 28 heavy (non-hydrogen) atoms. The van der Waals surface area contributed by atoms with Crippen molar-refractivity contribution in [3.63, 3.8) is 0 Å². The third kappa shape index (κ3) is 3.13. The van der Waals surface area contributed by atoms with Crippen LogP contribution in [0, 0.1) is 18.8 Å². The lowest BCUT2D eigenvalue weighted by Gasteiger charge is -2.21. The first kappa shape index (κ1) is 18.8. The number of fused-ring (bicyclic) bond motifs is 1. The fourth-order valence-electron chi connectivity index (χ4n) is 3.86. The summed E-state index contributed by atoms with van der Waals surface area (Å²) in [5, 5.41) is 4.41. The number of aromatic nitrogens is 3. The molecule has 1 aliphatic carbocycles. The molecule has 0 aromatic carbocycles. The summed E-state index contributed by atoms with van der Waals surface area (Å²) < 4.78 is 38.3. The minimum absolute atomic E-state index is 0.204. The van der Waals surface area contributed by atoms with Crippen LogP contribution in [0.25, 0.3) is 0 Å². The molecule has 0 bridgehead atoms. The third-order valence-electron chi connectivity index (χ3n) is 5.56. The summed E-state index contributed by atoms with van der Waals surface area (Å²) in [4.78, 5) is 18.4. The van der Waals surface area contributed by atoms with Gasteiger partial charge in [0.05, 0.1) is 32.1 Å². The summed E-state index contributed by atoms with van der Waals surface area (Å²) >= 11 is 0. The van der Waals surface area contributed by atoms with Crippen LogP contribution in [0.1, 0.15) is 27.3 Å². The Hall–Kier alpha value is -2.55. The summed E-state index contributed by atoms with van der Waals surface area (Å²) in [7, 11) is 2.85. The molecule has 1 saturated carbocycles. The molecule has 0 spiro atoms. The van der Waals surface area contributed by atoms with Crippen molar-refractivity contribution in [2.45, 2.75) is 26.0 Å². The Bertz CT molecular complexity index is 901. The van der Waals surface area contributed by atoms with Gasteiger partial charge in [0.1, 0.15) is 17.1 Å². The predicted octanol–water partition coefficient (Wildman–Crippen LogP) is 2.27. The molecule has 2 aromatic rings. The smallest absolute Gasteiger partial charge is 0.341 e. The van der Waals surface area contributed by atoms with Gasteiger partial charge in [-0.2, -0.15) is 5.10 Å². The SMILES string of the molecule is COCc1nn(Cc2ccc(N3CC4C(C3)C4(F)F)nc2C)cc1C(=O)OC. The average Bonchev–Trinajstić information content (AvgIpc) is 3.09. The number of piperidine rings is 1. The molecule has 2 aliphatic rings. The first-order chi connectivity index (χ1) is 13.3. The van der Waals surface area contributed by atoms with Crippen molar-refractivity contribution in [2.75, 3.05) is 32.2 Å². The zero-order valence-corrected chi connectivity index (χ0v) is 16.0. The second-order valence-corrected chi connectivity index (χ2v) is 7.32. The van der Waals surface area contributed by atoms with Gasteiger partial charge in [0.2, 0.25) is 0 Å². The van der Waals surface area contributed by atoms with Crippen LogP contribution in [-0.4, -0.2) is 54.0 Å². The number of aryl methyl sites for hydroxylation is 1. The number of carbonyl (C=O) groups excluding carboxylic acids is 1. The molecule has 1 aliphatic heterocycles. The van der Waals surface area contributed by atoms with E-state index in [1.54, 1.807) is 10.9 Å². The van der Waals surface area contributed by atoms with Gasteiger partial charge in [-0.05, 0) is 18.6 Å². The lowest BCUT2D eigenvalue weighted by atomic mass is 10.2. The Morgan fingerprint density at radius 1 is 1.29 bits per heavy atom. The number of anilines is 1. The van der Waals surface area contributed by atoms with Crippen molar-refractivity contribution in [3.8, 4) is 0 Å². The molecule has 9 heteroatoms. The molecule has 1 saturated heterocycles. The highest BCUT2D eigenvalue weighted by Gasteiger charge is 2.71. The zero-order valence-electron chi connectivity index (χ0n) is 16.0. The maximum absolute atomic E-state index is 13.4. The van der Waals surface area contributed by atoms with E-state index in [2.05, 4.69) is 10.1 Å². The van der Waals surface area contributed by atoms with E-state index in [1.807, 2.05) is 24.0 Å². The molecule has 0 N–H and O–H groups in total. The number of nitrogens with zero attached hydrogens (tertiary/aromatic N) is 4. The molecule has 3 heterocycles. The molecule has 0 amide bonds. The summed E-state index contributed by atoms with van der Waals surface area (Å²) in [6, 6.07) is 3.78. The number of rotatable bonds is 6. The molecule has 150 valence electrons. The van der Waals surface area contributed by atoms with Gasteiger partial charge in [0, 0.05) is 32.1 Å². The van der Waals surface area contributed by atoms with Crippen molar-refractivity contribution in [3.05, 3.63) is 40.8 Å². The van der Waals surface area contributed by atoms with Crippen LogP contribution < -0.4 is 4.90 Å². The topological polar surface area (TPSA) is 69.5 Å². The Morgan fingerprint density at radius 2 is 2.00 bits per heavy atom. The second-order valence-electron chi connectivity index (χ2n) is 7.32. The molecule has 2 aromatic heterocycles. The number of alkyl halides is 2. The van der Waals surface area contributed by atoms with Crippen molar-refractivity contribution in [2.24, 2.45) is 11.8 Å². The van der Waals surface area contributed by atoms with Crippen molar-refractivity contribution >= 4 is 11.8 Å². The molecule has 4 rings (SSSR count). The van der Waals surface area contributed by atoms with E-state index >= 15 is 0 Å². The average molecular weight is 392 g/mol. The fraction of sp³-hybridized carbons (Fsp3) is 0.526. The lowest BCUT2D eigenvalue weighted by molar-refractivity contribution is 0.0595. The Kier molecular flexibility index (Phi) is 4.57. The highest BCUT2D eigenvalue weighted by molar-refractivity contribution is 5.90. The molecule has 2 atom stereocenters. The second kappa shape index (κ2) is 6.80. The molecular formula is C19H22F2N4O3.